The van der Waals surface area contributed by atoms with E-state index in [2.05, 4.69) is 15.3 Å². The van der Waals surface area contributed by atoms with Crippen LogP contribution in [0.4, 0.5) is 5.69 Å². The predicted molar refractivity (Wildman–Crippen MR) is 75.7 cm³/mol. The van der Waals surface area contributed by atoms with Crippen LogP contribution in [0.25, 0.3) is 11.4 Å². The molecule has 0 aliphatic rings. The number of carbonyl (C=O) groups is 1. The summed E-state index contributed by atoms with van der Waals surface area (Å²) in [6.45, 7) is 5.73. The Bertz CT molecular complexity index is 559. The fourth-order valence-corrected chi connectivity index (χ4v) is 1.53. The average Bonchev–Trinajstić information content (AvgIpc) is 2.40. The van der Waals surface area contributed by atoms with Gasteiger partial charge in [0.15, 0.2) is 5.82 Å². The lowest BCUT2D eigenvalue weighted by molar-refractivity contribution is -0.118. The fraction of sp³-hybridized carbons (Fsp3) is 0.267. The van der Waals surface area contributed by atoms with E-state index >= 15 is 0 Å². The number of benzene rings is 1. The highest BCUT2D eigenvalue weighted by molar-refractivity contribution is 5.91. The van der Waals surface area contributed by atoms with Crippen molar-refractivity contribution in [2.24, 2.45) is 5.92 Å². The summed E-state index contributed by atoms with van der Waals surface area (Å²) in [5.74, 6) is 0.561. The van der Waals surface area contributed by atoms with Crippen LogP contribution in [0.15, 0.2) is 36.7 Å². The van der Waals surface area contributed by atoms with Crippen LogP contribution in [0.5, 0.6) is 0 Å². The van der Waals surface area contributed by atoms with Gasteiger partial charge in [-0.05, 0) is 6.92 Å². The zero-order valence-corrected chi connectivity index (χ0v) is 11.3. The Morgan fingerprint density at radius 1 is 1.11 bits per heavy atom. The molecular formula is C15H17N3O. The van der Waals surface area contributed by atoms with E-state index in [4.69, 9.17) is 0 Å². The maximum Gasteiger partial charge on any atom is 0.227 e. The number of hydrogen-bond acceptors (Lipinski definition) is 3. The predicted octanol–water partition coefficient (Wildman–Crippen LogP) is 3.05. The van der Waals surface area contributed by atoms with Gasteiger partial charge in [-0.15, -0.1) is 0 Å². The largest absolute Gasteiger partial charge is 0.323 e. The van der Waals surface area contributed by atoms with Gasteiger partial charge in [0.2, 0.25) is 5.91 Å². The zero-order chi connectivity index (χ0) is 13.8. The van der Waals surface area contributed by atoms with Crippen molar-refractivity contribution in [3.8, 4) is 11.4 Å². The number of nitrogens with one attached hydrogen (secondary N) is 1. The van der Waals surface area contributed by atoms with Crippen LogP contribution in [0.2, 0.25) is 0 Å². The van der Waals surface area contributed by atoms with Gasteiger partial charge >= 0.3 is 0 Å². The highest BCUT2D eigenvalue weighted by atomic mass is 16.1. The molecule has 1 amide bonds. The first-order chi connectivity index (χ1) is 9.06. The molecule has 0 unspecified atom stereocenters. The van der Waals surface area contributed by atoms with Gasteiger partial charge in [-0.1, -0.05) is 43.7 Å². The summed E-state index contributed by atoms with van der Waals surface area (Å²) in [4.78, 5) is 20.1. The summed E-state index contributed by atoms with van der Waals surface area (Å²) in [7, 11) is 0. The van der Waals surface area contributed by atoms with Crippen molar-refractivity contribution in [3.05, 3.63) is 42.2 Å². The molecule has 1 heterocycles. The smallest absolute Gasteiger partial charge is 0.227 e. The van der Waals surface area contributed by atoms with E-state index in [9.17, 15) is 4.79 Å². The molecule has 0 saturated carbocycles. The topological polar surface area (TPSA) is 54.9 Å². The molecule has 0 saturated heterocycles. The molecule has 4 nitrogen and oxygen atoms in total. The van der Waals surface area contributed by atoms with Gasteiger partial charge in [-0.3, -0.25) is 4.79 Å². The number of anilines is 1. The molecule has 98 valence electrons. The van der Waals surface area contributed by atoms with Crippen LogP contribution < -0.4 is 5.32 Å². The lowest BCUT2D eigenvalue weighted by Gasteiger charge is -2.07. The molecule has 2 rings (SSSR count). The second kappa shape index (κ2) is 5.61. The minimum absolute atomic E-state index is 0.0355. The zero-order valence-electron chi connectivity index (χ0n) is 11.3. The molecule has 4 heteroatoms. The van der Waals surface area contributed by atoms with Gasteiger partial charge in [-0.2, -0.15) is 0 Å². The van der Waals surface area contributed by atoms with Crippen molar-refractivity contribution in [2.75, 3.05) is 5.32 Å². The molecule has 0 aliphatic heterocycles. The number of rotatable bonds is 3. The van der Waals surface area contributed by atoms with Gasteiger partial charge in [0.05, 0.1) is 18.1 Å². The molecule has 2 aromatic rings. The van der Waals surface area contributed by atoms with E-state index in [1.807, 2.05) is 45.0 Å². The lowest BCUT2D eigenvalue weighted by atomic mass is 10.1. The number of aromatic nitrogens is 2. The van der Waals surface area contributed by atoms with E-state index in [1.54, 1.807) is 12.4 Å². The van der Waals surface area contributed by atoms with Crippen molar-refractivity contribution >= 4 is 11.6 Å². The van der Waals surface area contributed by atoms with Crippen molar-refractivity contribution < 1.29 is 4.79 Å². The van der Waals surface area contributed by atoms with Gasteiger partial charge in [0, 0.05) is 11.5 Å². The van der Waals surface area contributed by atoms with E-state index < -0.39 is 0 Å². The highest BCUT2D eigenvalue weighted by Crippen LogP contribution is 2.16. The SMILES string of the molecule is Cc1ccc(-c2ncc(NC(=O)C(C)C)cn2)cc1. The van der Waals surface area contributed by atoms with E-state index in [1.165, 1.54) is 5.56 Å². The van der Waals surface area contributed by atoms with Gasteiger partial charge in [-0.25, -0.2) is 9.97 Å². The standard InChI is InChI=1S/C15H17N3O/c1-10(2)15(19)18-13-8-16-14(17-9-13)12-6-4-11(3)5-7-12/h4-10H,1-3H3,(H,18,19). The number of amides is 1. The van der Waals surface area contributed by atoms with Crippen molar-refractivity contribution in [3.63, 3.8) is 0 Å². The second-order valence-electron chi connectivity index (χ2n) is 4.81. The summed E-state index contributed by atoms with van der Waals surface area (Å²) in [6, 6.07) is 8.01. The third-order valence-electron chi connectivity index (χ3n) is 2.75. The molecule has 0 atom stereocenters. The fourth-order valence-electron chi connectivity index (χ4n) is 1.53. The van der Waals surface area contributed by atoms with Crippen molar-refractivity contribution in [1.29, 1.82) is 0 Å². The van der Waals surface area contributed by atoms with Crippen molar-refractivity contribution in [2.45, 2.75) is 20.8 Å². The Kier molecular flexibility index (Phi) is 3.90. The minimum Gasteiger partial charge on any atom is -0.323 e. The average molecular weight is 255 g/mol. The Labute approximate surface area is 112 Å². The van der Waals surface area contributed by atoms with E-state index in [0.29, 0.717) is 11.5 Å². The highest BCUT2D eigenvalue weighted by Gasteiger charge is 2.08. The third-order valence-corrected chi connectivity index (χ3v) is 2.75. The van der Waals surface area contributed by atoms with E-state index in [-0.39, 0.29) is 11.8 Å². The van der Waals surface area contributed by atoms with Crippen molar-refractivity contribution in [1.82, 2.24) is 9.97 Å². The third kappa shape index (κ3) is 3.37. The first-order valence-corrected chi connectivity index (χ1v) is 6.26. The molecule has 1 aromatic heterocycles. The molecule has 0 radical (unpaired) electrons. The molecule has 0 spiro atoms. The summed E-state index contributed by atoms with van der Waals surface area (Å²) < 4.78 is 0. The lowest BCUT2D eigenvalue weighted by Crippen LogP contribution is -2.17. The number of nitrogens with zero attached hydrogens (tertiary/aromatic N) is 2. The monoisotopic (exact) mass is 255 g/mol. The molecule has 0 bridgehead atoms. The Balaban J connectivity index is 2.14. The first kappa shape index (κ1) is 13.2. The Morgan fingerprint density at radius 3 is 2.21 bits per heavy atom. The number of aryl methyl sites for hydroxylation is 1. The Morgan fingerprint density at radius 2 is 1.68 bits per heavy atom. The molecule has 0 aliphatic carbocycles. The van der Waals surface area contributed by atoms with Crippen LogP contribution in [-0.4, -0.2) is 15.9 Å². The number of carbonyl (C=O) groups excluding carboxylic acids is 1. The maximum atomic E-state index is 11.5. The summed E-state index contributed by atoms with van der Waals surface area (Å²) >= 11 is 0. The molecular weight excluding hydrogens is 238 g/mol. The van der Waals surface area contributed by atoms with Crippen LogP contribution in [0.3, 0.4) is 0 Å². The van der Waals surface area contributed by atoms with Crippen LogP contribution >= 0.6 is 0 Å². The second-order valence-corrected chi connectivity index (χ2v) is 4.81. The number of hydrogen-bond donors (Lipinski definition) is 1. The summed E-state index contributed by atoms with van der Waals surface area (Å²) in [5.41, 5.74) is 2.78. The summed E-state index contributed by atoms with van der Waals surface area (Å²) in [6.07, 6.45) is 3.25. The van der Waals surface area contributed by atoms with Gasteiger partial charge in [0.25, 0.3) is 0 Å². The van der Waals surface area contributed by atoms with Crippen LogP contribution in [-0.2, 0) is 4.79 Å². The first-order valence-electron chi connectivity index (χ1n) is 6.26. The Hall–Kier alpha value is -2.23. The molecule has 1 N–H and O–H groups in total. The quantitative estimate of drug-likeness (QED) is 0.917. The normalized spacial score (nSPS) is 10.5. The van der Waals surface area contributed by atoms with Crippen LogP contribution in [0.1, 0.15) is 19.4 Å². The molecule has 1 aromatic carbocycles. The van der Waals surface area contributed by atoms with Crippen LogP contribution in [0, 0.1) is 12.8 Å². The minimum atomic E-state index is -0.0585. The van der Waals surface area contributed by atoms with Gasteiger partial charge in [0.1, 0.15) is 0 Å². The van der Waals surface area contributed by atoms with E-state index in [0.717, 1.165) is 5.56 Å². The van der Waals surface area contributed by atoms with Gasteiger partial charge < -0.3 is 5.32 Å². The summed E-state index contributed by atoms with van der Waals surface area (Å²) in [5, 5.41) is 2.77. The molecule has 0 fully saturated rings. The molecule has 19 heavy (non-hydrogen) atoms. The maximum absolute atomic E-state index is 11.5.